The van der Waals surface area contributed by atoms with E-state index in [1.165, 1.54) is 17.9 Å². The SMILES string of the molecule is Cn1ncc(NC(=O)OCC2c3ccccc3-c3ccccc32)c1C(=O)N[C@H](CCO)C(=O)O. The molecule has 2 aromatic carbocycles. The van der Waals surface area contributed by atoms with Crippen molar-refractivity contribution in [1.82, 2.24) is 15.1 Å². The first-order valence-electron chi connectivity index (χ1n) is 10.7. The first-order valence-corrected chi connectivity index (χ1v) is 10.7. The molecule has 1 aromatic heterocycles. The first-order chi connectivity index (χ1) is 16.4. The van der Waals surface area contributed by atoms with E-state index < -0.39 is 30.6 Å². The number of rotatable bonds is 8. The average Bonchev–Trinajstić information content (AvgIpc) is 3.34. The third-order valence-electron chi connectivity index (χ3n) is 5.76. The number of fused-ring (bicyclic) bond motifs is 3. The Bertz CT molecular complexity index is 1190. The van der Waals surface area contributed by atoms with Crippen molar-refractivity contribution in [2.45, 2.75) is 18.4 Å². The van der Waals surface area contributed by atoms with Crippen LogP contribution in [0.25, 0.3) is 11.1 Å². The zero-order valence-electron chi connectivity index (χ0n) is 18.4. The van der Waals surface area contributed by atoms with Crippen molar-refractivity contribution >= 4 is 23.7 Å². The van der Waals surface area contributed by atoms with Crippen molar-refractivity contribution in [3.8, 4) is 11.1 Å². The maximum absolute atomic E-state index is 12.7. The molecular weight excluding hydrogens is 440 g/mol. The predicted molar refractivity (Wildman–Crippen MR) is 122 cm³/mol. The number of aliphatic hydroxyl groups excluding tert-OH is 1. The van der Waals surface area contributed by atoms with Gasteiger partial charge >= 0.3 is 12.1 Å². The van der Waals surface area contributed by atoms with Crippen LogP contribution < -0.4 is 10.6 Å². The van der Waals surface area contributed by atoms with Crippen molar-refractivity contribution in [3.63, 3.8) is 0 Å². The highest BCUT2D eigenvalue weighted by Gasteiger charge is 2.30. The molecule has 1 heterocycles. The quantitative estimate of drug-likeness (QED) is 0.401. The van der Waals surface area contributed by atoms with Gasteiger partial charge in [-0.2, -0.15) is 5.10 Å². The van der Waals surface area contributed by atoms with Crippen LogP contribution in [0.5, 0.6) is 0 Å². The second-order valence-electron chi connectivity index (χ2n) is 7.86. The Morgan fingerprint density at radius 3 is 2.29 bits per heavy atom. The number of nitrogens with one attached hydrogen (secondary N) is 2. The summed E-state index contributed by atoms with van der Waals surface area (Å²) in [6, 6.07) is 14.6. The Hall–Kier alpha value is -4.18. The lowest BCUT2D eigenvalue weighted by molar-refractivity contribution is -0.139. The minimum absolute atomic E-state index is 0.0438. The summed E-state index contributed by atoms with van der Waals surface area (Å²) in [5.74, 6) is -2.16. The molecule has 176 valence electrons. The molecule has 1 atom stereocenters. The number of nitrogens with zero attached hydrogens (tertiary/aromatic N) is 2. The lowest BCUT2D eigenvalue weighted by Gasteiger charge is -2.16. The number of benzene rings is 2. The normalized spacial score (nSPS) is 13.0. The Balaban J connectivity index is 1.45. The molecular formula is C24H24N4O6. The number of aryl methyl sites for hydroxylation is 1. The fourth-order valence-electron chi connectivity index (χ4n) is 4.16. The second-order valence-corrected chi connectivity index (χ2v) is 7.86. The number of hydrogen-bond donors (Lipinski definition) is 4. The Morgan fingerprint density at radius 2 is 1.71 bits per heavy atom. The van der Waals surface area contributed by atoms with Crippen molar-refractivity contribution in [2.75, 3.05) is 18.5 Å². The number of carboxylic acid groups (broad SMARTS) is 1. The van der Waals surface area contributed by atoms with Crippen LogP contribution in [-0.4, -0.2) is 57.2 Å². The smallest absolute Gasteiger partial charge is 0.411 e. The predicted octanol–water partition coefficient (Wildman–Crippen LogP) is 2.35. The van der Waals surface area contributed by atoms with Crippen molar-refractivity contribution < 1.29 is 29.3 Å². The van der Waals surface area contributed by atoms with Crippen LogP contribution in [0.15, 0.2) is 54.7 Å². The van der Waals surface area contributed by atoms with E-state index in [4.69, 9.17) is 9.84 Å². The van der Waals surface area contributed by atoms with Gasteiger partial charge in [-0.3, -0.25) is 14.8 Å². The summed E-state index contributed by atoms with van der Waals surface area (Å²) >= 11 is 0. The maximum Gasteiger partial charge on any atom is 0.411 e. The van der Waals surface area contributed by atoms with E-state index in [2.05, 4.69) is 15.7 Å². The third-order valence-corrected chi connectivity index (χ3v) is 5.76. The van der Waals surface area contributed by atoms with E-state index in [1.807, 2.05) is 48.5 Å². The van der Waals surface area contributed by atoms with Crippen LogP contribution in [0.4, 0.5) is 10.5 Å². The van der Waals surface area contributed by atoms with E-state index in [-0.39, 0.29) is 30.3 Å². The van der Waals surface area contributed by atoms with Crippen molar-refractivity contribution in [3.05, 3.63) is 71.5 Å². The topological polar surface area (TPSA) is 143 Å². The zero-order chi connectivity index (χ0) is 24.2. The molecule has 10 nitrogen and oxygen atoms in total. The van der Waals surface area contributed by atoms with Gasteiger partial charge in [0.2, 0.25) is 0 Å². The molecule has 0 fully saturated rings. The van der Waals surface area contributed by atoms with Gasteiger partial charge < -0.3 is 20.3 Å². The highest BCUT2D eigenvalue weighted by atomic mass is 16.5. The van der Waals surface area contributed by atoms with Crippen molar-refractivity contribution in [2.24, 2.45) is 7.05 Å². The summed E-state index contributed by atoms with van der Waals surface area (Å²) in [6.07, 6.45) is 0.348. The molecule has 0 aliphatic heterocycles. The Morgan fingerprint density at radius 1 is 1.09 bits per heavy atom. The standard InChI is InChI=1S/C24H24N4O6/c1-28-21(22(30)26-19(10-11-29)23(31)32)20(12-25-28)27-24(33)34-13-18-16-8-4-2-6-14(16)15-7-3-5-9-17(15)18/h2-9,12,18-19,29H,10-11,13H2,1H3,(H,26,30)(H,27,33)(H,31,32)/t19-/m1/s1. The van der Waals surface area contributed by atoms with Gasteiger partial charge in [-0.1, -0.05) is 48.5 Å². The minimum Gasteiger partial charge on any atom is -0.480 e. The number of ether oxygens (including phenoxy) is 1. The van der Waals surface area contributed by atoms with Gasteiger partial charge in [-0.05, 0) is 22.3 Å². The van der Waals surface area contributed by atoms with E-state index in [0.29, 0.717) is 0 Å². The number of aliphatic hydroxyl groups is 1. The Labute approximate surface area is 195 Å². The summed E-state index contributed by atoms with van der Waals surface area (Å²) in [5.41, 5.74) is 4.38. The number of hydrogen-bond acceptors (Lipinski definition) is 6. The van der Waals surface area contributed by atoms with Crippen LogP contribution >= 0.6 is 0 Å². The number of aromatic nitrogens is 2. The lowest BCUT2D eigenvalue weighted by atomic mass is 9.98. The van der Waals surface area contributed by atoms with Gasteiger partial charge in [0.15, 0.2) is 0 Å². The largest absolute Gasteiger partial charge is 0.480 e. The summed E-state index contributed by atoms with van der Waals surface area (Å²) in [5, 5.41) is 27.0. The molecule has 0 spiro atoms. The molecule has 0 unspecified atom stereocenters. The number of amides is 2. The van der Waals surface area contributed by atoms with E-state index in [1.54, 1.807) is 0 Å². The summed E-state index contributed by atoms with van der Waals surface area (Å²) in [6.45, 7) is -0.313. The summed E-state index contributed by atoms with van der Waals surface area (Å²) in [7, 11) is 1.49. The molecule has 1 aliphatic rings. The van der Waals surface area contributed by atoms with E-state index >= 15 is 0 Å². The number of carbonyl (C=O) groups is 3. The molecule has 0 bridgehead atoms. The molecule has 10 heteroatoms. The van der Waals surface area contributed by atoms with Crippen LogP contribution in [0.3, 0.4) is 0 Å². The minimum atomic E-state index is -1.28. The molecule has 34 heavy (non-hydrogen) atoms. The zero-order valence-corrected chi connectivity index (χ0v) is 18.4. The number of carbonyl (C=O) groups excluding carboxylic acids is 2. The first kappa shape index (κ1) is 23.0. The lowest BCUT2D eigenvalue weighted by Crippen LogP contribution is -2.42. The molecule has 0 saturated carbocycles. The molecule has 4 N–H and O–H groups in total. The van der Waals surface area contributed by atoms with Gasteiger partial charge in [0.05, 0.1) is 11.9 Å². The Kier molecular flexibility index (Phi) is 6.60. The molecule has 1 aliphatic carbocycles. The summed E-state index contributed by atoms with van der Waals surface area (Å²) in [4.78, 5) is 36.5. The van der Waals surface area contributed by atoms with Crippen LogP contribution in [-0.2, 0) is 16.6 Å². The maximum atomic E-state index is 12.7. The monoisotopic (exact) mass is 464 g/mol. The van der Waals surface area contributed by atoms with Gasteiger partial charge in [0.25, 0.3) is 5.91 Å². The molecule has 0 saturated heterocycles. The number of anilines is 1. The molecule has 4 rings (SSSR count). The van der Waals surface area contributed by atoms with Crippen LogP contribution in [0.2, 0.25) is 0 Å². The average molecular weight is 464 g/mol. The second kappa shape index (κ2) is 9.75. The van der Waals surface area contributed by atoms with Gasteiger partial charge in [0, 0.05) is 26.0 Å². The highest BCUT2D eigenvalue weighted by Crippen LogP contribution is 2.44. The van der Waals surface area contributed by atoms with E-state index in [9.17, 15) is 19.5 Å². The third kappa shape index (κ3) is 4.48. The molecule has 3 aromatic rings. The van der Waals surface area contributed by atoms with Crippen LogP contribution in [0.1, 0.15) is 34.0 Å². The van der Waals surface area contributed by atoms with Gasteiger partial charge in [-0.15, -0.1) is 0 Å². The fourth-order valence-corrected chi connectivity index (χ4v) is 4.16. The van der Waals surface area contributed by atoms with Gasteiger partial charge in [-0.25, -0.2) is 9.59 Å². The molecule has 2 amide bonds. The van der Waals surface area contributed by atoms with E-state index in [0.717, 1.165) is 22.3 Å². The molecule has 0 radical (unpaired) electrons. The highest BCUT2D eigenvalue weighted by molar-refractivity contribution is 6.02. The fraction of sp³-hybridized carbons (Fsp3) is 0.250. The van der Waals surface area contributed by atoms with Gasteiger partial charge in [0.1, 0.15) is 18.3 Å². The number of carboxylic acids is 1. The number of aliphatic carboxylic acids is 1. The van der Waals surface area contributed by atoms with Crippen LogP contribution in [0, 0.1) is 0 Å². The van der Waals surface area contributed by atoms with Crippen molar-refractivity contribution in [1.29, 1.82) is 0 Å². The summed E-state index contributed by atoms with van der Waals surface area (Å²) < 4.78 is 6.71.